The van der Waals surface area contributed by atoms with Gasteiger partial charge in [0, 0.05) is 28.6 Å². The summed E-state index contributed by atoms with van der Waals surface area (Å²) in [5, 5.41) is 3.56. The van der Waals surface area contributed by atoms with Crippen LogP contribution in [-0.4, -0.2) is 15.6 Å². The third-order valence-corrected chi connectivity index (χ3v) is 4.64. The van der Waals surface area contributed by atoms with Crippen LogP contribution < -0.4 is 5.32 Å². The van der Waals surface area contributed by atoms with Gasteiger partial charge in [0.2, 0.25) is 5.95 Å². The molecule has 100 valence electrons. The molecule has 2 aromatic rings. The van der Waals surface area contributed by atoms with Gasteiger partial charge in [0.15, 0.2) is 0 Å². The van der Waals surface area contributed by atoms with Crippen LogP contribution in [0.4, 0.5) is 5.95 Å². The largest absolute Gasteiger partial charge is 0.353 e. The maximum atomic E-state index is 4.45. The van der Waals surface area contributed by atoms with E-state index in [2.05, 4.69) is 55.9 Å². The molecular formula is C15H18BrN3. The number of hydrogen-bond acceptors (Lipinski definition) is 2. The zero-order valence-electron chi connectivity index (χ0n) is 11.1. The molecule has 0 bridgehead atoms. The molecule has 3 nitrogen and oxygen atoms in total. The molecule has 0 saturated heterocycles. The Hall–Kier alpha value is -1.29. The standard InChI is InChI=1S/C15H18BrN3/c1-11-10-13(6-7-14(11)16)19-9-8-17-15(19)18-12-4-2-3-5-12/h6-10,12H,2-5H2,1H3,(H,17,18). The van der Waals surface area contributed by atoms with Crippen molar-refractivity contribution in [3.05, 3.63) is 40.6 Å². The second kappa shape index (κ2) is 5.37. The molecule has 1 aromatic carbocycles. The Balaban J connectivity index is 1.87. The molecule has 0 unspecified atom stereocenters. The summed E-state index contributed by atoms with van der Waals surface area (Å²) in [4.78, 5) is 4.45. The van der Waals surface area contributed by atoms with E-state index in [1.165, 1.54) is 31.2 Å². The molecule has 4 heteroatoms. The van der Waals surface area contributed by atoms with Gasteiger partial charge in [0.1, 0.15) is 0 Å². The molecule has 0 atom stereocenters. The molecule has 1 aliphatic rings. The molecule has 0 aliphatic heterocycles. The molecule has 1 aliphatic carbocycles. The summed E-state index contributed by atoms with van der Waals surface area (Å²) in [7, 11) is 0. The van der Waals surface area contributed by atoms with Crippen molar-refractivity contribution >= 4 is 21.9 Å². The van der Waals surface area contributed by atoms with Crippen LogP contribution in [0.5, 0.6) is 0 Å². The van der Waals surface area contributed by atoms with E-state index in [0.717, 1.165) is 16.1 Å². The Morgan fingerprint density at radius 2 is 2.11 bits per heavy atom. The lowest BCUT2D eigenvalue weighted by Gasteiger charge is -2.15. The lowest BCUT2D eigenvalue weighted by Crippen LogP contribution is -2.17. The van der Waals surface area contributed by atoms with Crippen LogP contribution in [0.15, 0.2) is 35.1 Å². The van der Waals surface area contributed by atoms with Gasteiger partial charge in [-0.1, -0.05) is 28.8 Å². The van der Waals surface area contributed by atoms with E-state index in [1.54, 1.807) is 0 Å². The van der Waals surface area contributed by atoms with Gasteiger partial charge in [0.25, 0.3) is 0 Å². The summed E-state index contributed by atoms with van der Waals surface area (Å²) >= 11 is 3.54. The Labute approximate surface area is 122 Å². The second-order valence-corrected chi connectivity index (χ2v) is 6.03. The maximum Gasteiger partial charge on any atom is 0.207 e. The first-order valence-corrected chi connectivity index (χ1v) is 7.60. The number of nitrogens with zero attached hydrogens (tertiary/aromatic N) is 2. The van der Waals surface area contributed by atoms with E-state index >= 15 is 0 Å². The Bertz CT molecular complexity index is 571. The average Bonchev–Trinajstić information content (AvgIpc) is 3.05. The van der Waals surface area contributed by atoms with Gasteiger partial charge in [0.05, 0.1) is 0 Å². The maximum absolute atomic E-state index is 4.45. The highest BCUT2D eigenvalue weighted by atomic mass is 79.9. The zero-order chi connectivity index (χ0) is 13.2. The van der Waals surface area contributed by atoms with E-state index in [-0.39, 0.29) is 0 Å². The minimum Gasteiger partial charge on any atom is -0.353 e. The van der Waals surface area contributed by atoms with E-state index in [4.69, 9.17) is 0 Å². The van der Waals surface area contributed by atoms with Crippen molar-refractivity contribution in [1.29, 1.82) is 0 Å². The Morgan fingerprint density at radius 3 is 2.84 bits per heavy atom. The molecule has 1 saturated carbocycles. The van der Waals surface area contributed by atoms with Crippen LogP contribution in [0.1, 0.15) is 31.2 Å². The normalized spacial score (nSPS) is 15.9. The number of halogens is 1. The first-order chi connectivity index (χ1) is 9.24. The van der Waals surface area contributed by atoms with Crippen molar-refractivity contribution in [1.82, 2.24) is 9.55 Å². The van der Waals surface area contributed by atoms with E-state index < -0.39 is 0 Å². The van der Waals surface area contributed by atoms with Crippen molar-refractivity contribution in [2.24, 2.45) is 0 Å². The fraction of sp³-hybridized carbons (Fsp3) is 0.400. The molecule has 3 rings (SSSR count). The summed E-state index contributed by atoms with van der Waals surface area (Å²) < 4.78 is 3.26. The van der Waals surface area contributed by atoms with Crippen molar-refractivity contribution < 1.29 is 0 Å². The summed E-state index contributed by atoms with van der Waals surface area (Å²) in [6.07, 6.45) is 9.04. The molecule has 1 fully saturated rings. The SMILES string of the molecule is Cc1cc(-n2ccnc2NC2CCCC2)ccc1Br. The quantitative estimate of drug-likeness (QED) is 0.914. The average molecular weight is 320 g/mol. The fourth-order valence-electron chi connectivity index (χ4n) is 2.65. The Morgan fingerprint density at radius 1 is 1.32 bits per heavy atom. The molecule has 0 spiro atoms. The monoisotopic (exact) mass is 319 g/mol. The highest BCUT2D eigenvalue weighted by Gasteiger charge is 2.17. The van der Waals surface area contributed by atoms with Crippen LogP contribution in [0.2, 0.25) is 0 Å². The Kier molecular flexibility index (Phi) is 3.60. The smallest absolute Gasteiger partial charge is 0.207 e. The van der Waals surface area contributed by atoms with Gasteiger partial charge in [-0.2, -0.15) is 0 Å². The number of hydrogen-bond donors (Lipinski definition) is 1. The molecule has 1 heterocycles. The van der Waals surface area contributed by atoms with Crippen LogP contribution in [-0.2, 0) is 0 Å². The molecule has 1 N–H and O–H groups in total. The van der Waals surface area contributed by atoms with E-state index in [0.29, 0.717) is 6.04 Å². The number of benzene rings is 1. The van der Waals surface area contributed by atoms with Gasteiger partial charge < -0.3 is 5.32 Å². The minimum atomic E-state index is 0.581. The topological polar surface area (TPSA) is 29.9 Å². The summed E-state index contributed by atoms with van der Waals surface area (Å²) in [6, 6.07) is 6.95. The fourth-order valence-corrected chi connectivity index (χ4v) is 2.90. The summed E-state index contributed by atoms with van der Waals surface area (Å²) in [6.45, 7) is 2.11. The number of rotatable bonds is 3. The van der Waals surface area contributed by atoms with Gasteiger partial charge in [-0.15, -0.1) is 0 Å². The lowest BCUT2D eigenvalue weighted by atomic mass is 10.2. The van der Waals surface area contributed by atoms with Crippen molar-refractivity contribution in [2.45, 2.75) is 38.6 Å². The number of aryl methyl sites for hydroxylation is 1. The lowest BCUT2D eigenvalue weighted by molar-refractivity contribution is 0.740. The number of anilines is 1. The summed E-state index contributed by atoms with van der Waals surface area (Å²) in [5.74, 6) is 0.952. The predicted octanol–water partition coefficient (Wildman–Crippen LogP) is 4.30. The molecule has 19 heavy (non-hydrogen) atoms. The second-order valence-electron chi connectivity index (χ2n) is 5.18. The van der Waals surface area contributed by atoms with Crippen LogP contribution in [0.3, 0.4) is 0 Å². The highest BCUT2D eigenvalue weighted by molar-refractivity contribution is 9.10. The van der Waals surface area contributed by atoms with Crippen molar-refractivity contribution in [2.75, 3.05) is 5.32 Å². The van der Waals surface area contributed by atoms with Crippen molar-refractivity contribution in [3.8, 4) is 5.69 Å². The van der Waals surface area contributed by atoms with Crippen molar-refractivity contribution in [3.63, 3.8) is 0 Å². The first-order valence-electron chi connectivity index (χ1n) is 6.80. The number of imidazole rings is 1. The predicted molar refractivity (Wildman–Crippen MR) is 81.9 cm³/mol. The molecular weight excluding hydrogens is 302 g/mol. The van der Waals surface area contributed by atoms with Crippen LogP contribution in [0, 0.1) is 6.92 Å². The van der Waals surface area contributed by atoms with Gasteiger partial charge >= 0.3 is 0 Å². The van der Waals surface area contributed by atoms with E-state index in [1.807, 2.05) is 12.4 Å². The van der Waals surface area contributed by atoms with Crippen LogP contribution in [0.25, 0.3) is 5.69 Å². The third kappa shape index (κ3) is 2.68. The van der Waals surface area contributed by atoms with Gasteiger partial charge in [-0.05, 0) is 43.5 Å². The van der Waals surface area contributed by atoms with E-state index in [9.17, 15) is 0 Å². The zero-order valence-corrected chi connectivity index (χ0v) is 12.7. The summed E-state index contributed by atoms with van der Waals surface area (Å²) in [5.41, 5.74) is 2.39. The third-order valence-electron chi connectivity index (χ3n) is 3.75. The number of nitrogens with one attached hydrogen (secondary N) is 1. The number of aromatic nitrogens is 2. The van der Waals surface area contributed by atoms with Gasteiger partial charge in [-0.3, -0.25) is 4.57 Å². The van der Waals surface area contributed by atoms with Crippen LogP contribution >= 0.6 is 15.9 Å². The minimum absolute atomic E-state index is 0.581. The molecule has 0 amide bonds. The van der Waals surface area contributed by atoms with Gasteiger partial charge in [-0.25, -0.2) is 4.98 Å². The molecule has 0 radical (unpaired) electrons. The highest BCUT2D eigenvalue weighted by Crippen LogP contribution is 2.25. The first kappa shape index (κ1) is 12.7. The molecule has 1 aromatic heterocycles.